The van der Waals surface area contributed by atoms with Gasteiger partial charge in [-0.25, -0.2) is 14.7 Å². The normalized spacial score (nSPS) is 15.4. The first-order valence-electron chi connectivity index (χ1n) is 7.99. The number of aliphatic imine (C=N–C) groups is 1. The number of benzene rings is 2. The summed E-state index contributed by atoms with van der Waals surface area (Å²) in [6.45, 7) is 0. The first-order chi connectivity index (χ1) is 13.0. The molecule has 7 nitrogen and oxygen atoms in total. The summed E-state index contributed by atoms with van der Waals surface area (Å²) in [6.07, 6.45) is -1.34. The Kier molecular flexibility index (Phi) is 4.43. The van der Waals surface area contributed by atoms with Crippen LogP contribution in [-0.4, -0.2) is 38.5 Å². The number of hydrogen-bond donors (Lipinski definition) is 2. The van der Waals surface area contributed by atoms with Crippen molar-refractivity contribution in [3.8, 4) is 5.69 Å². The van der Waals surface area contributed by atoms with Gasteiger partial charge in [0.15, 0.2) is 5.82 Å². The third kappa shape index (κ3) is 2.99. The lowest BCUT2D eigenvalue weighted by atomic mass is 10.0. The molecular formula is C18H13Cl2N5O2. The number of carbonyl (C=O) groups excluding carboxylic acids is 1. The van der Waals surface area contributed by atoms with Gasteiger partial charge in [-0.1, -0.05) is 41.4 Å². The highest BCUT2D eigenvalue weighted by Gasteiger charge is 2.29. The predicted molar refractivity (Wildman–Crippen MR) is 102 cm³/mol. The summed E-state index contributed by atoms with van der Waals surface area (Å²) in [6, 6.07) is 12.3. The minimum absolute atomic E-state index is 0.0659. The minimum Gasteiger partial charge on any atom is -0.365 e. The number of aromatic nitrogens is 3. The molecule has 27 heavy (non-hydrogen) atoms. The Morgan fingerprint density at radius 2 is 1.96 bits per heavy atom. The summed E-state index contributed by atoms with van der Waals surface area (Å²) in [5.41, 5.74) is 2.28. The standard InChI is InChI=1S/C18H13Cl2N5O2/c1-21-17(26)15-23-16-18(27)22-14(10-4-2-3-5-12(10)20)11-8-9(19)6-7-13(11)25(16)24-15/h2-8,18,27H,1H3,(H,21,26). The fourth-order valence-corrected chi connectivity index (χ4v) is 3.27. The quantitative estimate of drug-likeness (QED) is 0.690. The molecule has 0 spiro atoms. The maximum Gasteiger partial charge on any atom is 0.290 e. The van der Waals surface area contributed by atoms with Gasteiger partial charge in [0.05, 0.1) is 11.4 Å². The lowest BCUT2D eigenvalue weighted by Gasteiger charge is -2.12. The zero-order chi connectivity index (χ0) is 19.1. The van der Waals surface area contributed by atoms with Crippen LogP contribution in [-0.2, 0) is 0 Å². The van der Waals surface area contributed by atoms with E-state index in [9.17, 15) is 9.90 Å². The van der Waals surface area contributed by atoms with Crippen LogP contribution in [0, 0.1) is 0 Å². The van der Waals surface area contributed by atoms with E-state index in [1.807, 2.05) is 6.07 Å². The Bertz CT molecular complexity index is 1090. The van der Waals surface area contributed by atoms with Crippen molar-refractivity contribution in [3.63, 3.8) is 0 Å². The summed E-state index contributed by atoms with van der Waals surface area (Å²) in [7, 11) is 1.48. The predicted octanol–water partition coefficient (Wildman–Crippen LogP) is 2.78. The molecule has 2 N–H and O–H groups in total. The lowest BCUT2D eigenvalue weighted by molar-refractivity contribution is 0.0952. The van der Waals surface area contributed by atoms with E-state index in [2.05, 4.69) is 20.4 Å². The second-order valence-electron chi connectivity index (χ2n) is 5.78. The number of nitrogens with one attached hydrogen (secondary N) is 1. The van der Waals surface area contributed by atoms with Gasteiger partial charge < -0.3 is 10.4 Å². The molecule has 136 valence electrons. The zero-order valence-corrected chi connectivity index (χ0v) is 15.5. The van der Waals surface area contributed by atoms with E-state index >= 15 is 0 Å². The van der Waals surface area contributed by atoms with Crippen molar-refractivity contribution in [2.75, 3.05) is 7.05 Å². The fourth-order valence-electron chi connectivity index (χ4n) is 2.88. The fraction of sp³-hybridized carbons (Fsp3) is 0.111. The Balaban J connectivity index is 2.00. The second-order valence-corrected chi connectivity index (χ2v) is 6.62. The molecule has 1 aromatic heterocycles. The van der Waals surface area contributed by atoms with E-state index in [-0.39, 0.29) is 11.6 Å². The van der Waals surface area contributed by atoms with Gasteiger partial charge in [-0.3, -0.25) is 4.79 Å². The minimum atomic E-state index is -1.34. The molecular weight excluding hydrogens is 389 g/mol. The largest absolute Gasteiger partial charge is 0.365 e. The molecule has 0 aliphatic carbocycles. The average molecular weight is 402 g/mol. The topological polar surface area (TPSA) is 92.4 Å². The van der Waals surface area contributed by atoms with Crippen LogP contribution in [0.1, 0.15) is 33.8 Å². The summed E-state index contributed by atoms with van der Waals surface area (Å²) in [5.74, 6) is -0.406. The molecule has 0 radical (unpaired) electrons. The highest BCUT2D eigenvalue weighted by Crippen LogP contribution is 2.32. The first kappa shape index (κ1) is 17.7. The smallest absolute Gasteiger partial charge is 0.290 e. The van der Waals surface area contributed by atoms with Gasteiger partial charge in [-0.2, -0.15) is 0 Å². The molecule has 0 bridgehead atoms. The van der Waals surface area contributed by atoms with E-state index in [1.165, 1.54) is 11.7 Å². The number of amides is 1. The lowest BCUT2D eigenvalue weighted by Crippen LogP contribution is -2.19. The summed E-state index contributed by atoms with van der Waals surface area (Å²) >= 11 is 12.6. The Labute approximate surface area is 164 Å². The highest BCUT2D eigenvalue weighted by atomic mass is 35.5. The number of rotatable bonds is 2. The van der Waals surface area contributed by atoms with Crippen LogP contribution in [0.4, 0.5) is 0 Å². The number of fused-ring (bicyclic) bond motifs is 3. The molecule has 4 rings (SSSR count). The highest BCUT2D eigenvalue weighted by molar-refractivity contribution is 6.36. The van der Waals surface area contributed by atoms with E-state index in [0.717, 1.165) is 0 Å². The van der Waals surface area contributed by atoms with Crippen molar-refractivity contribution in [2.24, 2.45) is 4.99 Å². The number of aliphatic hydroxyl groups is 1. The summed E-state index contributed by atoms with van der Waals surface area (Å²) in [5, 5.41) is 18.3. The third-order valence-corrected chi connectivity index (χ3v) is 4.68. The van der Waals surface area contributed by atoms with Gasteiger partial charge in [0, 0.05) is 28.2 Å². The number of halogens is 2. The van der Waals surface area contributed by atoms with E-state index < -0.39 is 12.1 Å². The number of carbonyl (C=O) groups is 1. The molecule has 1 amide bonds. The van der Waals surface area contributed by atoms with Crippen LogP contribution in [0.25, 0.3) is 5.69 Å². The SMILES string of the molecule is CNC(=O)c1nc2n(n1)-c1ccc(Cl)cc1C(c1ccccc1Cl)=NC2O. The van der Waals surface area contributed by atoms with Crippen molar-refractivity contribution < 1.29 is 9.90 Å². The summed E-state index contributed by atoms with van der Waals surface area (Å²) < 4.78 is 1.40. The molecule has 9 heteroatoms. The molecule has 1 unspecified atom stereocenters. The van der Waals surface area contributed by atoms with Gasteiger partial charge >= 0.3 is 0 Å². The van der Waals surface area contributed by atoms with Crippen LogP contribution in [0.5, 0.6) is 0 Å². The molecule has 2 aromatic carbocycles. The molecule has 3 aromatic rings. The Morgan fingerprint density at radius 3 is 2.70 bits per heavy atom. The van der Waals surface area contributed by atoms with Crippen molar-refractivity contribution in [2.45, 2.75) is 6.23 Å². The van der Waals surface area contributed by atoms with Crippen LogP contribution in [0.3, 0.4) is 0 Å². The van der Waals surface area contributed by atoms with Crippen molar-refractivity contribution in [3.05, 3.63) is 75.3 Å². The van der Waals surface area contributed by atoms with Crippen LogP contribution < -0.4 is 5.32 Å². The average Bonchev–Trinajstić information content (AvgIpc) is 3.07. The van der Waals surface area contributed by atoms with Crippen LogP contribution in [0.2, 0.25) is 10.0 Å². The van der Waals surface area contributed by atoms with E-state index in [4.69, 9.17) is 23.2 Å². The molecule has 0 saturated carbocycles. The van der Waals surface area contributed by atoms with Crippen molar-refractivity contribution in [1.82, 2.24) is 20.1 Å². The maximum atomic E-state index is 11.9. The monoisotopic (exact) mass is 401 g/mol. The molecule has 0 saturated heterocycles. The number of hydrogen-bond acceptors (Lipinski definition) is 5. The van der Waals surface area contributed by atoms with Crippen LogP contribution >= 0.6 is 23.2 Å². The van der Waals surface area contributed by atoms with Gasteiger partial charge in [0.1, 0.15) is 0 Å². The second kappa shape index (κ2) is 6.77. The van der Waals surface area contributed by atoms with Gasteiger partial charge in [0.25, 0.3) is 5.91 Å². The zero-order valence-electron chi connectivity index (χ0n) is 14.0. The molecule has 0 fully saturated rings. The Morgan fingerprint density at radius 1 is 1.19 bits per heavy atom. The molecule has 2 heterocycles. The van der Waals surface area contributed by atoms with Crippen molar-refractivity contribution in [1.29, 1.82) is 0 Å². The molecule has 1 aliphatic rings. The van der Waals surface area contributed by atoms with Crippen molar-refractivity contribution >= 4 is 34.8 Å². The number of aliphatic hydroxyl groups excluding tert-OH is 1. The van der Waals surface area contributed by atoms with Gasteiger partial charge in [-0.15, -0.1) is 5.10 Å². The number of nitrogens with zero attached hydrogens (tertiary/aromatic N) is 4. The molecule has 1 atom stereocenters. The van der Waals surface area contributed by atoms with Crippen LogP contribution in [0.15, 0.2) is 47.5 Å². The van der Waals surface area contributed by atoms with Gasteiger partial charge in [-0.05, 0) is 24.3 Å². The Hall–Kier alpha value is -2.74. The third-order valence-electron chi connectivity index (χ3n) is 4.12. The maximum absolute atomic E-state index is 11.9. The van der Waals surface area contributed by atoms with E-state index in [0.29, 0.717) is 32.6 Å². The first-order valence-corrected chi connectivity index (χ1v) is 8.75. The van der Waals surface area contributed by atoms with Gasteiger partial charge in [0.2, 0.25) is 12.1 Å². The molecule has 1 aliphatic heterocycles. The summed E-state index contributed by atoms with van der Waals surface area (Å²) in [4.78, 5) is 20.5. The van der Waals surface area contributed by atoms with E-state index in [1.54, 1.807) is 36.4 Å².